The van der Waals surface area contributed by atoms with Gasteiger partial charge in [0.2, 0.25) is 0 Å². The zero-order chi connectivity index (χ0) is 4.83. The van der Waals surface area contributed by atoms with E-state index < -0.39 is 0 Å². The van der Waals surface area contributed by atoms with Gasteiger partial charge < -0.3 is 37.2 Å². The van der Waals surface area contributed by atoms with E-state index in [0.29, 0.717) is 0 Å². The van der Waals surface area contributed by atoms with E-state index in [1.54, 1.807) is 0 Å². The Morgan fingerprint density at radius 3 is 1.56 bits per heavy atom. The van der Waals surface area contributed by atoms with Gasteiger partial charge in [0.15, 0.2) is 0 Å². The van der Waals surface area contributed by atoms with E-state index in [1.165, 1.54) is 24.5 Å². The Bertz CT molecular complexity index is 24.2. The van der Waals surface area contributed by atoms with Crippen LogP contribution in [0.3, 0.4) is 0 Å². The van der Waals surface area contributed by atoms with Crippen LogP contribution in [0.1, 0.15) is 26.2 Å². The fourth-order valence-electron chi connectivity index (χ4n) is 0.375. The Kier molecular flexibility index (Phi) is 56.7. The Morgan fingerprint density at radius 2 is 1.44 bits per heavy atom. The number of unbranched alkanes of at least 4 members (excludes halogenated alkanes) is 2. The molecule has 0 aliphatic heterocycles. The van der Waals surface area contributed by atoms with Crippen LogP contribution in [0.4, 0.5) is 0 Å². The summed E-state index contributed by atoms with van der Waals surface area (Å²) >= 11 is 2.23. The first kappa shape index (κ1) is 22.4. The summed E-state index contributed by atoms with van der Waals surface area (Å²) in [5, 5.41) is 1.36. The standard InChI is InChI=1S/C5H11Ge.3ClH/c1-2-3-4-5-6;;;/h2-5H2,1H3;3*1H/q+3;;;/p-3. The van der Waals surface area contributed by atoms with Gasteiger partial charge in [0.1, 0.15) is 0 Å². The number of hydrogen-bond acceptors (Lipinski definition) is 0. The monoisotopic (exact) mass is 250 g/mol. The minimum Gasteiger partial charge on any atom is -1.00 e. The summed E-state index contributed by atoms with van der Waals surface area (Å²) in [6.07, 6.45) is 4.18. The zero-order valence-corrected chi connectivity index (χ0v) is 9.83. The summed E-state index contributed by atoms with van der Waals surface area (Å²) < 4.78 is 0. The second kappa shape index (κ2) is 22.7. The molecule has 4 heteroatoms. The SMILES string of the molecule is CCCC[CH2][Ge+3].[Cl-].[Cl-].[Cl-]. The summed E-state index contributed by atoms with van der Waals surface area (Å²) in [5.41, 5.74) is 0. The fourth-order valence-corrected chi connectivity index (χ4v) is 0.900. The molecule has 0 amide bonds. The van der Waals surface area contributed by atoms with Gasteiger partial charge in [-0.1, -0.05) is 0 Å². The molecule has 0 aromatic carbocycles. The van der Waals surface area contributed by atoms with Gasteiger partial charge in [-0.2, -0.15) is 0 Å². The smallest absolute Gasteiger partial charge is 1.00 e. The van der Waals surface area contributed by atoms with Crippen LogP contribution in [0.2, 0.25) is 5.25 Å². The Hall–Kier alpha value is 1.41. The largest absolute Gasteiger partial charge is 1.00 e. The van der Waals surface area contributed by atoms with Crippen molar-refractivity contribution in [2.75, 3.05) is 0 Å². The van der Waals surface area contributed by atoms with E-state index in [-0.39, 0.29) is 37.2 Å². The van der Waals surface area contributed by atoms with Crippen molar-refractivity contribution in [3.63, 3.8) is 0 Å². The van der Waals surface area contributed by atoms with Gasteiger partial charge in [-0.05, 0) is 0 Å². The van der Waals surface area contributed by atoms with E-state index in [0.717, 1.165) is 0 Å². The van der Waals surface area contributed by atoms with Crippen LogP contribution < -0.4 is 37.2 Å². The molecule has 0 nitrogen and oxygen atoms in total. The van der Waals surface area contributed by atoms with E-state index in [1.807, 2.05) is 0 Å². The molecule has 0 unspecified atom stereocenters. The molecule has 0 aromatic rings. The molecule has 0 N–H and O–H groups in total. The maximum Gasteiger partial charge on any atom is -1.00 e. The summed E-state index contributed by atoms with van der Waals surface area (Å²) in [5.74, 6) is 0. The van der Waals surface area contributed by atoms with Crippen molar-refractivity contribution in [2.24, 2.45) is 0 Å². The van der Waals surface area contributed by atoms with Gasteiger partial charge in [0, 0.05) is 0 Å². The van der Waals surface area contributed by atoms with Crippen molar-refractivity contribution in [3.05, 3.63) is 0 Å². The average Bonchev–Trinajstić information content (AvgIpc) is 1.61. The van der Waals surface area contributed by atoms with E-state index >= 15 is 0 Å². The topological polar surface area (TPSA) is 0 Å². The number of hydrogen-bond donors (Lipinski definition) is 0. The molecule has 0 saturated heterocycles. The van der Waals surface area contributed by atoms with Gasteiger partial charge in [-0.25, -0.2) is 0 Å². The first-order valence-electron chi connectivity index (χ1n) is 2.56. The van der Waals surface area contributed by atoms with Gasteiger partial charge >= 0.3 is 48.0 Å². The second-order valence-electron chi connectivity index (χ2n) is 1.46. The third kappa shape index (κ3) is 26.6. The van der Waals surface area contributed by atoms with Crippen LogP contribution in [-0.2, 0) is 0 Å². The molecule has 0 bridgehead atoms. The number of halogens is 3. The second-order valence-corrected chi connectivity index (χ2v) is 2.51. The molecular weight excluding hydrogens is 239 g/mol. The third-order valence-electron chi connectivity index (χ3n) is 0.780. The molecule has 0 spiro atoms. The summed E-state index contributed by atoms with van der Waals surface area (Å²) in [6, 6.07) is 0. The van der Waals surface area contributed by atoms with Crippen LogP contribution in [0, 0.1) is 0 Å². The van der Waals surface area contributed by atoms with Gasteiger partial charge in [0.05, 0.1) is 0 Å². The van der Waals surface area contributed by atoms with Crippen LogP contribution in [0.15, 0.2) is 0 Å². The third-order valence-corrected chi connectivity index (χ3v) is 1.52. The molecule has 56 valence electrons. The molecule has 0 atom stereocenters. The Labute approximate surface area is 85.0 Å². The van der Waals surface area contributed by atoms with Crippen molar-refractivity contribution in [3.8, 4) is 0 Å². The number of rotatable bonds is 3. The molecule has 9 heavy (non-hydrogen) atoms. The molecule has 0 rings (SSSR count). The van der Waals surface area contributed by atoms with E-state index in [4.69, 9.17) is 0 Å². The van der Waals surface area contributed by atoms with Crippen molar-refractivity contribution in [1.29, 1.82) is 0 Å². The maximum atomic E-state index is 2.23. The van der Waals surface area contributed by atoms with Gasteiger partial charge in [0.25, 0.3) is 0 Å². The van der Waals surface area contributed by atoms with E-state index in [2.05, 4.69) is 23.4 Å². The molecule has 0 aliphatic rings. The van der Waals surface area contributed by atoms with Crippen LogP contribution in [0.5, 0.6) is 0 Å². The minimum absolute atomic E-state index is 0. The summed E-state index contributed by atoms with van der Waals surface area (Å²) in [6.45, 7) is 2.23. The predicted molar refractivity (Wildman–Crippen MR) is 30.1 cm³/mol. The zero-order valence-electron chi connectivity index (χ0n) is 5.46. The Balaban J connectivity index is -0.0000000417. The molecule has 0 saturated carbocycles. The summed E-state index contributed by atoms with van der Waals surface area (Å²) in [7, 11) is 0. The van der Waals surface area contributed by atoms with Crippen LogP contribution in [-0.4, -0.2) is 16.5 Å². The molecule has 0 heterocycles. The molecular formula is C5H11Cl3Ge. The van der Waals surface area contributed by atoms with Crippen molar-refractivity contribution < 1.29 is 37.2 Å². The maximum absolute atomic E-state index is 2.23. The normalized spacial score (nSPS) is 6.11. The van der Waals surface area contributed by atoms with Gasteiger partial charge in [-0.3, -0.25) is 0 Å². The average molecular weight is 250 g/mol. The van der Waals surface area contributed by atoms with Crippen LogP contribution in [0.25, 0.3) is 0 Å². The quantitative estimate of drug-likeness (QED) is 0.345. The van der Waals surface area contributed by atoms with Crippen molar-refractivity contribution in [1.82, 2.24) is 0 Å². The first-order valence-corrected chi connectivity index (χ1v) is 4.04. The van der Waals surface area contributed by atoms with E-state index in [9.17, 15) is 0 Å². The van der Waals surface area contributed by atoms with Crippen molar-refractivity contribution in [2.45, 2.75) is 31.4 Å². The minimum atomic E-state index is 0. The summed E-state index contributed by atoms with van der Waals surface area (Å²) in [4.78, 5) is 0. The van der Waals surface area contributed by atoms with Crippen molar-refractivity contribution >= 4 is 16.5 Å². The fraction of sp³-hybridized carbons (Fsp3) is 1.00. The molecule has 0 aromatic heterocycles. The predicted octanol–water partition coefficient (Wildman–Crippen LogP) is -7.22. The molecule has 0 radical (unpaired) electrons. The Morgan fingerprint density at radius 1 is 1.00 bits per heavy atom. The molecule has 0 aliphatic carbocycles. The van der Waals surface area contributed by atoms with Gasteiger partial charge in [-0.15, -0.1) is 0 Å². The van der Waals surface area contributed by atoms with Crippen LogP contribution >= 0.6 is 0 Å². The first-order chi connectivity index (χ1) is 2.91. The molecule has 0 fully saturated rings.